The Kier molecular flexibility index (Phi) is 4.50. The van der Waals surface area contributed by atoms with Crippen molar-refractivity contribution in [2.75, 3.05) is 6.61 Å². The highest BCUT2D eigenvalue weighted by atomic mass is 32.1. The monoisotopic (exact) mass is 218 g/mol. The van der Waals surface area contributed by atoms with E-state index in [0.717, 1.165) is 4.88 Å². The van der Waals surface area contributed by atoms with E-state index in [2.05, 4.69) is 0 Å². The second kappa shape index (κ2) is 5.43. The van der Waals surface area contributed by atoms with Gasteiger partial charge in [0.1, 0.15) is 6.10 Å². The molecule has 2 atom stereocenters. The van der Waals surface area contributed by atoms with Crippen molar-refractivity contribution in [3.8, 4) is 0 Å². The Bertz CT molecular complexity index is 274. The maximum absolute atomic E-state index is 9.60. The molecule has 1 rings (SSSR count). The van der Waals surface area contributed by atoms with E-state index in [1.165, 1.54) is 11.3 Å². The average molecular weight is 218 g/mol. The molecule has 5 heteroatoms. The predicted octanol–water partition coefficient (Wildman–Crippen LogP) is 0.0171. The van der Waals surface area contributed by atoms with Gasteiger partial charge in [0.15, 0.2) is 0 Å². The SMILES string of the molecule is OCCC(O)C(O)c1ccc(CO)s1. The molecule has 0 bridgehead atoms. The quantitative estimate of drug-likeness (QED) is 0.561. The molecule has 0 radical (unpaired) electrons. The fourth-order valence-corrected chi connectivity index (χ4v) is 2.04. The maximum atomic E-state index is 9.60. The van der Waals surface area contributed by atoms with Crippen molar-refractivity contribution in [3.63, 3.8) is 0 Å². The van der Waals surface area contributed by atoms with Gasteiger partial charge in [-0.05, 0) is 18.6 Å². The van der Waals surface area contributed by atoms with Crippen molar-refractivity contribution in [3.05, 3.63) is 21.9 Å². The second-order valence-corrected chi connectivity index (χ2v) is 4.19. The van der Waals surface area contributed by atoms with Gasteiger partial charge in [-0.2, -0.15) is 0 Å². The van der Waals surface area contributed by atoms with Crippen LogP contribution >= 0.6 is 11.3 Å². The number of rotatable bonds is 5. The van der Waals surface area contributed by atoms with E-state index < -0.39 is 12.2 Å². The standard InChI is InChI=1S/C9H14O4S/c10-4-3-7(12)9(13)8-2-1-6(5-11)14-8/h1-2,7,9-13H,3-5H2. The number of hydrogen-bond acceptors (Lipinski definition) is 5. The lowest BCUT2D eigenvalue weighted by Gasteiger charge is -2.14. The Labute approximate surface area is 86.1 Å². The van der Waals surface area contributed by atoms with Gasteiger partial charge in [0, 0.05) is 16.4 Å². The lowest BCUT2D eigenvalue weighted by molar-refractivity contribution is 0.00618. The van der Waals surface area contributed by atoms with E-state index in [9.17, 15) is 10.2 Å². The zero-order chi connectivity index (χ0) is 10.6. The van der Waals surface area contributed by atoms with E-state index in [1.54, 1.807) is 12.1 Å². The number of aliphatic hydroxyl groups is 4. The smallest absolute Gasteiger partial charge is 0.114 e. The zero-order valence-electron chi connectivity index (χ0n) is 7.63. The van der Waals surface area contributed by atoms with Crippen LogP contribution < -0.4 is 0 Å². The molecule has 1 heterocycles. The molecule has 14 heavy (non-hydrogen) atoms. The predicted molar refractivity (Wildman–Crippen MR) is 52.9 cm³/mol. The lowest BCUT2D eigenvalue weighted by atomic mass is 10.1. The third-order valence-electron chi connectivity index (χ3n) is 1.92. The summed E-state index contributed by atoms with van der Waals surface area (Å²) in [6, 6.07) is 3.37. The van der Waals surface area contributed by atoms with E-state index >= 15 is 0 Å². The second-order valence-electron chi connectivity index (χ2n) is 2.99. The van der Waals surface area contributed by atoms with E-state index in [-0.39, 0.29) is 19.6 Å². The molecule has 0 saturated carbocycles. The highest BCUT2D eigenvalue weighted by molar-refractivity contribution is 7.12. The molecule has 0 fully saturated rings. The van der Waals surface area contributed by atoms with Gasteiger partial charge in [-0.1, -0.05) is 0 Å². The lowest BCUT2D eigenvalue weighted by Crippen LogP contribution is -2.18. The summed E-state index contributed by atoms with van der Waals surface area (Å²) >= 11 is 1.25. The fraction of sp³-hybridized carbons (Fsp3) is 0.556. The highest BCUT2D eigenvalue weighted by Gasteiger charge is 2.19. The Balaban J connectivity index is 2.63. The van der Waals surface area contributed by atoms with Crippen LogP contribution in [0.4, 0.5) is 0 Å². The summed E-state index contributed by atoms with van der Waals surface area (Å²) in [6.07, 6.45) is -1.79. The average Bonchev–Trinajstić information content (AvgIpc) is 2.65. The molecule has 0 saturated heterocycles. The Hall–Kier alpha value is -0.460. The normalized spacial score (nSPS) is 15.4. The Morgan fingerprint density at radius 1 is 1.21 bits per heavy atom. The minimum atomic E-state index is -0.979. The molecule has 2 unspecified atom stereocenters. The Morgan fingerprint density at radius 2 is 1.93 bits per heavy atom. The molecule has 4 N–H and O–H groups in total. The van der Waals surface area contributed by atoms with Crippen LogP contribution in [0.25, 0.3) is 0 Å². The van der Waals surface area contributed by atoms with Crippen LogP contribution in [0, 0.1) is 0 Å². The van der Waals surface area contributed by atoms with Crippen molar-refractivity contribution in [1.82, 2.24) is 0 Å². The van der Waals surface area contributed by atoms with Crippen LogP contribution in [0.2, 0.25) is 0 Å². The van der Waals surface area contributed by atoms with Gasteiger partial charge in [-0.3, -0.25) is 0 Å². The third-order valence-corrected chi connectivity index (χ3v) is 3.06. The van der Waals surface area contributed by atoms with Gasteiger partial charge in [0.2, 0.25) is 0 Å². The molecule has 1 aromatic rings. The fourth-order valence-electron chi connectivity index (χ4n) is 1.12. The topological polar surface area (TPSA) is 80.9 Å². The minimum absolute atomic E-state index is 0.0620. The van der Waals surface area contributed by atoms with Gasteiger partial charge in [-0.15, -0.1) is 11.3 Å². The van der Waals surface area contributed by atoms with Crippen LogP contribution in [-0.4, -0.2) is 33.1 Å². The summed E-state index contributed by atoms with van der Waals surface area (Å²) in [5.41, 5.74) is 0. The molecule has 0 aliphatic carbocycles. The van der Waals surface area contributed by atoms with E-state index in [0.29, 0.717) is 4.88 Å². The minimum Gasteiger partial charge on any atom is -0.396 e. The Morgan fingerprint density at radius 3 is 2.43 bits per heavy atom. The summed E-state index contributed by atoms with van der Waals surface area (Å²) in [6.45, 7) is -0.218. The molecular formula is C9H14O4S. The van der Waals surface area contributed by atoms with Gasteiger partial charge in [0.25, 0.3) is 0 Å². The number of hydrogen-bond donors (Lipinski definition) is 4. The van der Waals surface area contributed by atoms with E-state index in [1.807, 2.05) is 0 Å². The van der Waals surface area contributed by atoms with E-state index in [4.69, 9.17) is 10.2 Å². The first-order valence-electron chi connectivity index (χ1n) is 4.35. The molecule has 0 amide bonds. The van der Waals surface area contributed by atoms with Crippen LogP contribution in [0.1, 0.15) is 22.3 Å². The number of aliphatic hydroxyl groups excluding tert-OH is 4. The van der Waals surface area contributed by atoms with Crippen molar-refractivity contribution < 1.29 is 20.4 Å². The summed E-state index contributed by atoms with van der Waals surface area (Å²) < 4.78 is 0. The van der Waals surface area contributed by atoms with Crippen LogP contribution in [-0.2, 0) is 6.61 Å². The molecule has 0 aliphatic heterocycles. The van der Waals surface area contributed by atoms with Crippen LogP contribution in [0.15, 0.2) is 12.1 Å². The van der Waals surface area contributed by atoms with Crippen molar-refractivity contribution in [1.29, 1.82) is 0 Å². The van der Waals surface area contributed by atoms with Gasteiger partial charge in [0.05, 0.1) is 12.7 Å². The van der Waals surface area contributed by atoms with Crippen molar-refractivity contribution in [2.24, 2.45) is 0 Å². The van der Waals surface area contributed by atoms with Gasteiger partial charge in [-0.25, -0.2) is 0 Å². The molecule has 80 valence electrons. The summed E-state index contributed by atoms with van der Waals surface area (Å²) in [5.74, 6) is 0. The summed E-state index contributed by atoms with van der Waals surface area (Å²) in [5, 5.41) is 36.4. The third kappa shape index (κ3) is 2.76. The maximum Gasteiger partial charge on any atom is 0.114 e. The highest BCUT2D eigenvalue weighted by Crippen LogP contribution is 2.26. The van der Waals surface area contributed by atoms with Crippen LogP contribution in [0.3, 0.4) is 0 Å². The van der Waals surface area contributed by atoms with Gasteiger partial charge < -0.3 is 20.4 Å². The molecule has 1 aromatic heterocycles. The number of thiophene rings is 1. The molecular weight excluding hydrogens is 204 g/mol. The first kappa shape index (κ1) is 11.6. The first-order valence-corrected chi connectivity index (χ1v) is 5.17. The van der Waals surface area contributed by atoms with Gasteiger partial charge >= 0.3 is 0 Å². The largest absolute Gasteiger partial charge is 0.396 e. The van der Waals surface area contributed by atoms with Crippen molar-refractivity contribution >= 4 is 11.3 Å². The zero-order valence-corrected chi connectivity index (χ0v) is 8.44. The molecule has 0 aliphatic rings. The summed E-state index contributed by atoms with van der Waals surface area (Å²) in [7, 11) is 0. The molecule has 0 spiro atoms. The first-order chi connectivity index (χ1) is 6.69. The molecule has 0 aromatic carbocycles. The summed E-state index contributed by atoms with van der Waals surface area (Å²) in [4.78, 5) is 1.35. The van der Waals surface area contributed by atoms with Crippen LogP contribution in [0.5, 0.6) is 0 Å². The van der Waals surface area contributed by atoms with Crippen molar-refractivity contribution in [2.45, 2.75) is 25.2 Å². The molecule has 4 nitrogen and oxygen atoms in total.